The van der Waals surface area contributed by atoms with Crippen molar-refractivity contribution in [2.45, 2.75) is 24.7 Å². The molecule has 2 aromatic heterocycles. The smallest absolute Gasteiger partial charge is 0.322 e. The fourth-order valence-corrected chi connectivity index (χ4v) is 4.90. The van der Waals surface area contributed by atoms with Crippen LogP contribution in [0.15, 0.2) is 39.6 Å². The maximum atomic E-state index is 13.1. The zero-order chi connectivity index (χ0) is 22.2. The molecule has 3 heterocycles. The second-order valence-corrected chi connectivity index (χ2v) is 9.29. The number of aryl methyl sites for hydroxylation is 2. The van der Waals surface area contributed by atoms with Gasteiger partial charge in [-0.1, -0.05) is 5.10 Å². The number of rotatable bonds is 5. The van der Waals surface area contributed by atoms with Crippen LogP contribution >= 0.6 is 0 Å². The molecule has 1 aliphatic rings. The first-order valence-corrected chi connectivity index (χ1v) is 11.1. The summed E-state index contributed by atoms with van der Waals surface area (Å²) in [5.41, 5.74) is 1.39. The lowest BCUT2D eigenvalue weighted by atomic mass is 9.99. The highest BCUT2D eigenvalue weighted by Crippen LogP contribution is 2.25. The van der Waals surface area contributed by atoms with Crippen LogP contribution in [0.2, 0.25) is 0 Å². The van der Waals surface area contributed by atoms with E-state index in [0.29, 0.717) is 18.5 Å². The average molecular weight is 448 g/mol. The average Bonchev–Trinajstić information content (AvgIpc) is 3.35. The molecule has 3 aromatic rings. The van der Waals surface area contributed by atoms with Crippen LogP contribution in [0.5, 0.6) is 0 Å². The van der Waals surface area contributed by atoms with Crippen LogP contribution < -0.4 is 5.32 Å². The van der Waals surface area contributed by atoms with Gasteiger partial charge in [-0.15, -0.1) is 5.10 Å². The molecular formula is C19H21FN6O4S. The lowest BCUT2D eigenvalue weighted by Gasteiger charge is -2.30. The standard InChI is InChI=1S/C19H21FN6O4S/c1-12-10-16(24-25(12)2)18-22-23-19(30-18)21-17(27)13-4-3-9-26(11-13)31(28,29)15-7-5-14(20)6-8-15/h5-8,10,13H,3-4,9,11H2,1-2H3,(H,21,23,27)/t13-/m0/s1. The minimum absolute atomic E-state index is 0.00593. The zero-order valence-corrected chi connectivity index (χ0v) is 17.8. The van der Waals surface area contributed by atoms with E-state index in [1.807, 2.05) is 6.92 Å². The van der Waals surface area contributed by atoms with E-state index in [9.17, 15) is 17.6 Å². The van der Waals surface area contributed by atoms with Gasteiger partial charge in [-0.25, -0.2) is 12.8 Å². The summed E-state index contributed by atoms with van der Waals surface area (Å²) < 4.78 is 47.2. The Morgan fingerprint density at radius 3 is 2.68 bits per heavy atom. The van der Waals surface area contributed by atoms with Crippen LogP contribution in [-0.2, 0) is 21.9 Å². The molecular weight excluding hydrogens is 427 g/mol. The molecule has 1 N–H and O–H groups in total. The Bertz CT molecular complexity index is 1180. The van der Waals surface area contributed by atoms with Crippen LogP contribution in [0.25, 0.3) is 11.6 Å². The van der Waals surface area contributed by atoms with Crippen molar-refractivity contribution in [2.75, 3.05) is 18.4 Å². The number of aromatic nitrogens is 4. The normalized spacial score (nSPS) is 17.6. The van der Waals surface area contributed by atoms with Gasteiger partial charge in [-0.2, -0.15) is 9.40 Å². The van der Waals surface area contributed by atoms with Crippen molar-refractivity contribution in [1.29, 1.82) is 0 Å². The molecule has 0 saturated carbocycles. The summed E-state index contributed by atoms with van der Waals surface area (Å²) in [6, 6.07) is 6.32. The van der Waals surface area contributed by atoms with E-state index in [0.717, 1.165) is 17.8 Å². The van der Waals surface area contributed by atoms with Gasteiger partial charge in [-0.05, 0) is 50.1 Å². The second kappa shape index (κ2) is 8.19. The summed E-state index contributed by atoms with van der Waals surface area (Å²) in [6.07, 6.45) is 1.03. The molecule has 1 aromatic carbocycles. The molecule has 1 fully saturated rings. The van der Waals surface area contributed by atoms with Crippen molar-refractivity contribution in [3.63, 3.8) is 0 Å². The Hall–Kier alpha value is -3.12. The van der Waals surface area contributed by atoms with E-state index in [2.05, 4.69) is 20.6 Å². The van der Waals surface area contributed by atoms with Gasteiger partial charge >= 0.3 is 6.01 Å². The largest absolute Gasteiger partial charge is 0.401 e. The van der Waals surface area contributed by atoms with Crippen LogP contribution in [0, 0.1) is 18.7 Å². The van der Waals surface area contributed by atoms with Gasteiger partial charge in [0.25, 0.3) is 5.89 Å². The quantitative estimate of drug-likeness (QED) is 0.633. The molecule has 0 spiro atoms. The molecule has 0 aliphatic carbocycles. The van der Waals surface area contributed by atoms with Gasteiger partial charge in [0.05, 0.1) is 10.8 Å². The lowest BCUT2D eigenvalue weighted by Crippen LogP contribution is -2.43. The number of hydrogen-bond acceptors (Lipinski definition) is 7. The number of piperidine rings is 1. The Morgan fingerprint density at radius 1 is 1.26 bits per heavy atom. The number of benzene rings is 1. The van der Waals surface area contributed by atoms with E-state index in [1.165, 1.54) is 16.4 Å². The van der Waals surface area contributed by atoms with Gasteiger partial charge in [0.2, 0.25) is 15.9 Å². The van der Waals surface area contributed by atoms with Crippen molar-refractivity contribution < 1.29 is 22.0 Å². The first-order valence-electron chi connectivity index (χ1n) is 9.65. The summed E-state index contributed by atoms with van der Waals surface area (Å²) in [5, 5.41) is 14.5. The number of sulfonamides is 1. The minimum Gasteiger partial charge on any atom is -0.401 e. The molecule has 164 valence electrons. The minimum atomic E-state index is -3.83. The van der Waals surface area contributed by atoms with Crippen molar-refractivity contribution in [1.82, 2.24) is 24.3 Å². The summed E-state index contributed by atoms with van der Waals surface area (Å²) in [6.45, 7) is 2.17. The zero-order valence-electron chi connectivity index (χ0n) is 16.9. The first kappa shape index (κ1) is 21.1. The summed E-state index contributed by atoms with van der Waals surface area (Å²) >= 11 is 0. The number of carbonyl (C=O) groups excluding carboxylic acids is 1. The van der Waals surface area contributed by atoms with Crippen molar-refractivity contribution >= 4 is 21.9 Å². The molecule has 0 bridgehead atoms. The fourth-order valence-electron chi connectivity index (χ4n) is 3.38. The third-order valence-electron chi connectivity index (χ3n) is 5.19. The number of nitrogens with one attached hydrogen (secondary N) is 1. The monoisotopic (exact) mass is 448 g/mol. The Balaban J connectivity index is 1.44. The van der Waals surface area contributed by atoms with E-state index in [-0.39, 0.29) is 29.9 Å². The summed E-state index contributed by atoms with van der Waals surface area (Å²) in [7, 11) is -2.04. The van der Waals surface area contributed by atoms with Crippen molar-refractivity contribution in [3.8, 4) is 11.6 Å². The Kier molecular flexibility index (Phi) is 5.58. The fraction of sp³-hybridized carbons (Fsp3) is 0.368. The SMILES string of the molecule is Cc1cc(-c2nnc(NC(=O)[C@H]3CCCN(S(=O)(=O)c4ccc(F)cc4)C3)o2)nn1C. The maximum Gasteiger partial charge on any atom is 0.322 e. The topological polar surface area (TPSA) is 123 Å². The third kappa shape index (κ3) is 4.35. The van der Waals surface area contributed by atoms with E-state index in [4.69, 9.17) is 4.42 Å². The van der Waals surface area contributed by atoms with Gasteiger partial charge in [-0.3, -0.25) is 14.8 Å². The highest BCUT2D eigenvalue weighted by Gasteiger charge is 2.34. The first-order chi connectivity index (χ1) is 14.7. The van der Waals surface area contributed by atoms with Crippen LogP contribution in [0.3, 0.4) is 0 Å². The van der Waals surface area contributed by atoms with Gasteiger partial charge in [0.15, 0.2) is 0 Å². The van der Waals surface area contributed by atoms with E-state index in [1.54, 1.807) is 17.8 Å². The van der Waals surface area contributed by atoms with Crippen molar-refractivity contribution in [2.24, 2.45) is 13.0 Å². The number of hydrogen-bond donors (Lipinski definition) is 1. The number of nitrogens with zero attached hydrogens (tertiary/aromatic N) is 5. The Labute approximate surface area is 178 Å². The van der Waals surface area contributed by atoms with Crippen LogP contribution in [-0.4, -0.2) is 51.7 Å². The molecule has 0 radical (unpaired) electrons. The van der Waals surface area contributed by atoms with Gasteiger partial charge in [0, 0.05) is 25.8 Å². The predicted molar refractivity (Wildman–Crippen MR) is 108 cm³/mol. The number of halogens is 1. The molecule has 4 rings (SSSR count). The molecule has 0 unspecified atom stereocenters. The van der Waals surface area contributed by atoms with E-state index < -0.39 is 27.7 Å². The highest BCUT2D eigenvalue weighted by molar-refractivity contribution is 7.89. The second-order valence-electron chi connectivity index (χ2n) is 7.35. The number of amides is 1. The molecule has 1 amide bonds. The third-order valence-corrected chi connectivity index (χ3v) is 7.07. The predicted octanol–water partition coefficient (Wildman–Crippen LogP) is 1.96. The summed E-state index contributed by atoms with van der Waals surface area (Å²) in [4.78, 5) is 12.7. The molecule has 10 nitrogen and oxygen atoms in total. The molecule has 1 atom stereocenters. The number of carbonyl (C=O) groups is 1. The molecule has 1 saturated heterocycles. The van der Waals surface area contributed by atoms with Crippen LogP contribution in [0.4, 0.5) is 10.4 Å². The van der Waals surface area contributed by atoms with Gasteiger partial charge < -0.3 is 4.42 Å². The highest BCUT2D eigenvalue weighted by atomic mass is 32.2. The molecule has 12 heteroatoms. The molecule has 1 aliphatic heterocycles. The lowest BCUT2D eigenvalue weighted by molar-refractivity contribution is -0.121. The van der Waals surface area contributed by atoms with Crippen molar-refractivity contribution in [3.05, 3.63) is 41.8 Å². The molecule has 31 heavy (non-hydrogen) atoms. The maximum absolute atomic E-state index is 13.1. The van der Waals surface area contributed by atoms with E-state index >= 15 is 0 Å². The van der Waals surface area contributed by atoms with Gasteiger partial charge in [0.1, 0.15) is 11.5 Å². The summed E-state index contributed by atoms with van der Waals surface area (Å²) in [5.74, 6) is -1.35. The Morgan fingerprint density at radius 2 is 2.00 bits per heavy atom. The number of anilines is 1. The van der Waals surface area contributed by atoms with Crippen LogP contribution in [0.1, 0.15) is 18.5 Å².